The Hall–Kier alpha value is -2.06. The molecular weight excluding hydrogens is 266 g/mol. The lowest BCUT2D eigenvalue weighted by atomic mass is 9.96. The number of ether oxygens (including phenoxy) is 1. The summed E-state index contributed by atoms with van der Waals surface area (Å²) in [6, 6.07) is 9.30. The number of hydrogen-bond donors (Lipinski definition) is 2. The van der Waals surface area contributed by atoms with Crippen molar-refractivity contribution in [3.63, 3.8) is 0 Å². The predicted octanol–water partition coefficient (Wildman–Crippen LogP) is 2.44. The Labute approximate surface area is 125 Å². The lowest BCUT2D eigenvalue weighted by molar-refractivity contribution is -0.121. The molecule has 1 aliphatic rings. The first-order valence-electron chi connectivity index (χ1n) is 7.24. The third-order valence-corrected chi connectivity index (χ3v) is 3.71. The van der Waals surface area contributed by atoms with Gasteiger partial charge in [0.25, 0.3) is 0 Å². The van der Waals surface area contributed by atoms with Crippen molar-refractivity contribution in [3.8, 4) is 11.8 Å². The van der Waals surface area contributed by atoms with E-state index in [1.165, 1.54) is 0 Å². The molecule has 1 aromatic carbocycles. The molecule has 0 heterocycles. The summed E-state index contributed by atoms with van der Waals surface area (Å²) in [5.74, 6) is 0.797. The van der Waals surface area contributed by atoms with Gasteiger partial charge in [-0.25, -0.2) is 0 Å². The van der Waals surface area contributed by atoms with Crippen molar-refractivity contribution < 1.29 is 9.53 Å². The molecule has 0 aromatic heterocycles. The number of hydrogen-bond acceptors (Lipinski definition) is 4. The lowest BCUT2D eigenvalue weighted by Crippen LogP contribution is -2.50. The van der Waals surface area contributed by atoms with E-state index >= 15 is 0 Å². The van der Waals surface area contributed by atoms with Gasteiger partial charge >= 0.3 is 0 Å². The van der Waals surface area contributed by atoms with Gasteiger partial charge < -0.3 is 15.8 Å². The van der Waals surface area contributed by atoms with E-state index in [-0.39, 0.29) is 11.8 Å². The molecule has 1 unspecified atom stereocenters. The smallest absolute Gasteiger partial charge is 0.244 e. The summed E-state index contributed by atoms with van der Waals surface area (Å²) in [7, 11) is 0. The van der Waals surface area contributed by atoms with Crippen LogP contribution in [-0.2, 0) is 4.79 Å². The average molecular weight is 287 g/mol. The summed E-state index contributed by atoms with van der Waals surface area (Å²) in [6.07, 6.45) is 3.20. The second-order valence-corrected chi connectivity index (χ2v) is 5.65. The van der Waals surface area contributed by atoms with E-state index in [2.05, 4.69) is 11.4 Å². The van der Waals surface area contributed by atoms with Gasteiger partial charge in [0.2, 0.25) is 5.91 Å². The van der Waals surface area contributed by atoms with E-state index in [0.29, 0.717) is 30.9 Å². The van der Waals surface area contributed by atoms with Crippen molar-refractivity contribution in [2.45, 2.75) is 38.1 Å². The quantitative estimate of drug-likeness (QED) is 0.754. The summed E-state index contributed by atoms with van der Waals surface area (Å²) in [6.45, 7) is 2.27. The van der Waals surface area contributed by atoms with Crippen molar-refractivity contribution in [2.24, 2.45) is 11.7 Å². The largest absolute Gasteiger partial charge is 0.493 e. The Kier molecular flexibility index (Phi) is 4.81. The minimum Gasteiger partial charge on any atom is -0.493 e. The topological polar surface area (TPSA) is 88.1 Å². The van der Waals surface area contributed by atoms with Gasteiger partial charge in [-0.2, -0.15) is 5.26 Å². The minimum atomic E-state index is -0.816. The van der Waals surface area contributed by atoms with Crippen molar-refractivity contribution in [1.29, 1.82) is 5.26 Å². The molecule has 0 saturated heterocycles. The number of anilines is 1. The number of carbonyl (C=O) groups excluding carboxylic acids is 1. The van der Waals surface area contributed by atoms with Crippen LogP contribution in [0.5, 0.6) is 5.75 Å². The fourth-order valence-corrected chi connectivity index (χ4v) is 2.14. The first-order chi connectivity index (χ1) is 10.0. The molecule has 5 nitrogen and oxygen atoms in total. The van der Waals surface area contributed by atoms with Gasteiger partial charge in [0.1, 0.15) is 5.75 Å². The number of unbranched alkanes of at least 4 members (excludes halogenated alkanes) is 1. The van der Waals surface area contributed by atoms with Crippen molar-refractivity contribution in [3.05, 3.63) is 24.3 Å². The van der Waals surface area contributed by atoms with Gasteiger partial charge in [-0.15, -0.1) is 0 Å². The molecule has 1 saturated carbocycles. The number of nitriles is 1. The molecule has 0 spiro atoms. The molecule has 0 radical (unpaired) electrons. The molecule has 0 bridgehead atoms. The first kappa shape index (κ1) is 15.3. The molecule has 1 atom stereocenters. The third-order valence-electron chi connectivity index (χ3n) is 3.71. The summed E-state index contributed by atoms with van der Waals surface area (Å²) < 4.78 is 5.54. The number of amides is 1. The maximum absolute atomic E-state index is 12.2. The van der Waals surface area contributed by atoms with Crippen molar-refractivity contribution in [1.82, 2.24) is 0 Å². The second kappa shape index (κ2) is 6.59. The lowest BCUT2D eigenvalue weighted by Gasteiger charge is -2.23. The Morgan fingerprint density at radius 1 is 1.57 bits per heavy atom. The Balaban J connectivity index is 1.91. The predicted molar refractivity (Wildman–Crippen MR) is 80.7 cm³/mol. The number of carbonyl (C=O) groups is 1. The molecule has 0 aliphatic heterocycles. The van der Waals surface area contributed by atoms with Gasteiger partial charge in [0, 0.05) is 18.2 Å². The van der Waals surface area contributed by atoms with Gasteiger partial charge in [0.05, 0.1) is 18.2 Å². The molecule has 1 aromatic rings. The van der Waals surface area contributed by atoms with Crippen LogP contribution in [0.1, 0.15) is 32.6 Å². The fraction of sp³-hybridized carbons (Fsp3) is 0.500. The highest BCUT2D eigenvalue weighted by Crippen LogP contribution is 2.38. The average Bonchev–Trinajstić information content (AvgIpc) is 3.29. The van der Waals surface area contributed by atoms with Gasteiger partial charge in [0.15, 0.2) is 0 Å². The molecule has 2 rings (SSSR count). The van der Waals surface area contributed by atoms with Crippen molar-refractivity contribution >= 4 is 11.6 Å². The molecule has 1 fully saturated rings. The summed E-state index contributed by atoms with van der Waals surface area (Å²) in [4.78, 5) is 12.2. The van der Waals surface area contributed by atoms with Crippen LogP contribution in [0, 0.1) is 17.2 Å². The zero-order chi connectivity index (χ0) is 15.3. The minimum absolute atomic E-state index is 0.161. The van der Waals surface area contributed by atoms with Gasteiger partial charge in [-0.05, 0) is 44.2 Å². The van der Waals surface area contributed by atoms with E-state index < -0.39 is 5.54 Å². The Bertz CT molecular complexity index is 545. The molecule has 3 N–H and O–H groups in total. The second-order valence-electron chi connectivity index (χ2n) is 5.65. The van der Waals surface area contributed by atoms with Crippen LogP contribution in [0.25, 0.3) is 0 Å². The summed E-state index contributed by atoms with van der Waals surface area (Å²) in [5.41, 5.74) is 5.95. The fourth-order valence-electron chi connectivity index (χ4n) is 2.14. The summed E-state index contributed by atoms with van der Waals surface area (Å²) in [5, 5.41) is 11.3. The SMILES string of the molecule is CC(N)(C(=O)Nc1cccc(OCCCC#N)c1)C1CC1. The van der Waals surface area contributed by atoms with Crippen LogP contribution < -0.4 is 15.8 Å². The maximum atomic E-state index is 12.2. The number of benzene rings is 1. The van der Waals surface area contributed by atoms with E-state index in [0.717, 1.165) is 12.8 Å². The number of nitrogens with one attached hydrogen (secondary N) is 1. The molecule has 112 valence electrons. The number of rotatable bonds is 7. The van der Waals surface area contributed by atoms with Crippen LogP contribution >= 0.6 is 0 Å². The molecule has 1 aliphatic carbocycles. The highest BCUT2D eigenvalue weighted by molar-refractivity contribution is 5.98. The van der Waals surface area contributed by atoms with Crippen LogP contribution in [0.4, 0.5) is 5.69 Å². The van der Waals surface area contributed by atoms with Crippen LogP contribution in [0.15, 0.2) is 24.3 Å². The Morgan fingerprint density at radius 2 is 2.33 bits per heavy atom. The Morgan fingerprint density at radius 3 is 3.00 bits per heavy atom. The van der Waals surface area contributed by atoms with E-state index in [1.807, 2.05) is 18.2 Å². The first-order valence-corrected chi connectivity index (χ1v) is 7.24. The number of nitrogens with two attached hydrogens (primary N) is 1. The highest BCUT2D eigenvalue weighted by Gasteiger charge is 2.44. The molecular formula is C16H21N3O2. The van der Waals surface area contributed by atoms with E-state index in [4.69, 9.17) is 15.7 Å². The van der Waals surface area contributed by atoms with Crippen LogP contribution in [0.3, 0.4) is 0 Å². The van der Waals surface area contributed by atoms with Crippen LogP contribution in [0.2, 0.25) is 0 Å². The molecule has 21 heavy (non-hydrogen) atoms. The zero-order valence-electron chi connectivity index (χ0n) is 12.3. The van der Waals surface area contributed by atoms with Crippen LogP contribution in [-0.4, -0.2) is 18.1 Å². The van der Waals surface area contributed by atoms with Gasteiger partial charge in [-0.3, -0.25) is 4.79 Å². The standard InChI is InChI=1S/C16H21N3O2/c1-16(18,12-7-8-12)15(20)19-13-5-4-6-14(11-13)21-10-3-2-9-17/h4-6,11-12H,2-3,7-8,10,18H2,1H3,(H,19,20). The van der Waals surface area contributed by atoms with Crippen molar-refractivity contribution in [2.75, 3.05) is 11.9 Å². The summed E-state index contributed by atoms with van der Waals surface area (Å²) >= 11 is 0. The monoisotopic (exact) mass is 287 g/mol. The van der Waals surface area contributed by atoms with Gasteiger partial charge in [-0.1, -0.05) is 6.07 Å². The zero-order valence-corrected chi connectivity index (χ0v) is 12.3. The molecule has 5 heteroatoms. The highest BCUT2D eigenvalue weighted by atomic mass is 16.5. The van der Waals surface area contributed by atoms with E-state index in [1.54, 1.807) is 13.0 Å². The number of nitrogens with zero attached hydrogens (tertiary/aromatic N) is 1. The third kappa shape index (κ3) is 4.20. The maximum Gasteiger partial charge on any atom is 0.244 e. The normalized spacial score (nSPS) is 16.6. The molecule has 1 amide bonds. The van der Waals surface area contributed by atoms with E-state index in [9.17, 15) is 4.79 Å².